The number of unbranched alkanes of at least 4 members (excludes halogenated alkanes) is 4. The SMILES string of the molecule is CCCCC(Oc1ccc(-c2nc(-c3ccc(OC(CCCC)C(=O)O)cc3O)nc(-c3ccc(OC(CCCC)C(=O)O)cc3OC(CCCC)C(=O)O)n2)c(O)c1)C(=O)O. The average molecular weight is 862 g/mol. The zero-order valence-electron chi connectivity index (χ0n) is 35.3. The van der Waals surface area contributed by atoms with Gasteiger partial charge in [-0.15, -0.1) is 0 Å². The summed E-state index contributed by atoms with van der Waals surface area (Å²) in [6.07, 6.45) is 1.10. The minimum atomic E-state index is -1.34. The lowest BCUT2D eigenvalue weighted by Crippen LogP contribution is -2.28. The van der Waals surface area contributed by atoms with Gasteiger partial charge in [0.2, 0.25) is 0 Å². The van der Waals surface area contributed by atoms with E-state index in [1.807, 2.05) is 27.7 Å². The molecule has 0 aliphatic rings. The quantitative estimate of drug-likeness (QED) is 0.0329. The number of phenols is 2. The summed E-state index contributed by atoms with van der Waals surface area (Å²) >= 11 is 0. The van der Waals surface area contributed by atoms with Crippen molar-refractivity contribution in [2.75, 3.05) is 0 Å². The van der Waals surface area contributed by atoms with Gasteiger partial charge in [-0.2, -0.15) is 0 Å². The second kappa shape index (κ2) is 23.4. The van der Waals surface area contributed by atoms with Crippen molar-refractivity contribution < 1.29 is 68.8 Å². The molecule has 0 saturated heterocycles. The number of hydrogen-bond acceptors (Lipinski definition) is 13. The number of aromatic hydroxyl groups is 2. The van der Waals surface area contributed by atoms with E-state index >= 15 is 0 Å². The fraction of sp³-hybridized carbons (Fsp3) is 0.444. The van der Waals surface area contributed by atoms with Crippen LogP contribution in [0.2, 0.25) is 0 Å². The van der Waals surface area contributed by atoms with Crippen LogP contribution in [0.4, 0.5) is 0 Å². The summed E-state index contributed by atoms with van der Waals surface area (Å²) in [7, 11) is 0. The lowest BCUT2D eigenvalue weighted by molar-refractivity contribution is -0.146. The van der Waals surface area contributed by atoms with E-state index in [2.05, 4.69) is 15.0 Å². The molecule has 0 bridgehead atoms. The van der Waals surface area contributed by atoms with Crippen LogP contribution in [-0.4, -0.2) is 93.9 Å². The fourth-order valence-electron chi connectivity index (χ4n) is 6.28. The molecular formula is C45H55N3O14. The topological polar surface area (TPSA) is 265 Å². The number of aromatic nitrogens is 3. The van der Waals surface area contributed by atoms with Crippen molar-refractivity contribution in [3.8, 4) is 68.7 Å². The second-order valence-corrected chi connectivity index (χ2v) is 14.7. The lowest BCUT2D eigenvalue weighted by atomic mass is 10.1. The standard InChI is InChI=1S/C45H55N3O14/c1-5-9-13-34(42(51)52)59-26-17-20-29(32(49)23-26)39-46-40(30-21-18-27(24-33(30)50)60-35(43(53)54)14-10-6-2)48-41(47-39)31-22-19-28(61-36(44(55)56)15-11-7-3)25-38(31)62-37(45(57)58)16-12-8-4/h17-25,34-37,49-50H,5-16H2,1-4H3,(H,51,52)(H,53,54)(H,55,56)(H,57,58). The fourth-order valence-corrected chi connectivity index (χ4v) is 6.28. The maximum atomic E-state index is 12.4. The first-order chi connectivity index (χ1) is 29.7. The first-order valence-corrected chi connectivity index (χ1v) is 20.8. The third-order valence-electron chi connectivity index (χ3n) is 9.74. The van der Waals surface area contributed by atoms with Crippen LogP contribution in [0.3, 0.4) is 0 Å². The van der Waals surface area contributed by atoms with Crippen LogP contribution in [0.5, 0.6) is 34.5 Å². The molecule has 3 aromatic carbocycles. The lowest BCUT2D eigenvalue weighted by Gasteiger charge is -2.20. The first kappa shape index (κ1) is 48.0. The van der Waals surface area contributed by atoms with Crippen molar-refractivity contribution in [2.24, 2.45) is 0 Å². The van der Waals surface area contributed by atoms with Gasteiger partial charge >= 0.3 is 23.9 Å². The first-order valence-electron chi connectivity index (χ1n) is 20.8. The number of benzene rings is 3. The monoisotopic (exact) mass is 861 g/mol. The molecular weight excluding hydrogens is 807 g/mol. The highest BCUT2D eigenvalue weighted by Crippen LogP contribution is 2.39. The van der Waals surface area contributed by atoms with E-state index in [0.29, 0.717) is 32.1 Å². The summed E-state index contributed by atoms with van der Waals surface area (Å²) in [5.74, 6) is -5.86. The minimum absolute atomic E-state index is 0.0383. The van der Waals surface area contributed by atoms with Crippen molar-refractivity contribution in [2.45, 2.75) is 129 Å². The highest BCUT2D eigenvalue weighted by atomic mass is 16.5. The van der Waals surface area contributed by atoms with Gasteiger partial charge in [0, 0.05) is 18.2 Å². The summed E-state index contributed by atoms with van der Waals surface area (Å²) in [5, 5.41) is 62.1. The Balaban J connectivity index is 1.92. The van der Waals surface area contributed by atoms with Crippen LogP contribution in [-0.2, 0) is 19.2 Å². The van der Waals surface area contributed by atoms with Gasteiger partial charge in [-0.1, -0.05) is 53.4 Å². The normalized spacial score (nSPS) is 13.0. The van der Waals surface area contributed by atoms with Crippen LogP contribution < -0.4 is 18.9 Å². The zero-order valence-corrected chi connectivity index (χ0v) is 35.3. The summed E-state index contributed by atoms with van der Waals surface area (Å²) in [5.41, 5.74) is 0.192. The van der Waals surface area contributed by atoms with Crippen molar-refractivity contribution >= 4 is 23.9 Å². The number of carboxylic acids is 4. The largest absolute Gasteiger partial charge is 0.507 e. The summed E-state index contributed by atoms with van der Waals surface area (Å²) in [4.78, 5) is 62.1. The van der Waals surface area contributed by atoms with Crippen LogP contribution in [0.1, 0.15) is 105 Å². The number of ether oxygens (including phenoxy) is 4. The summed E-state index contributed by atoms with van der Waals surface area (Å²) in [6.45, 7) is 7.64. The molecule has 4 rings (SSSR count). The molecule has 0 spiro atoms. The molecule has 0 aliphatic heterocycles. The van der Waals surface area contributed by atoms with Gasteiger partial charge in [0.15, 0.2) is 41.9 Å². The number of aliphatic carboxylic acids is 4. The van der Waals surface area contributed by atoms with Crippen LogP contribution in [0, 0.1) is 0 Å². The third-order valence-corrected chi connectivity index (χ3v) is 9.74. The predicted octanol–water partition coefficient (Wildman–Crippen LogP) is 8.37. The molecule has 62 heavy (non-hydrogen) atoms. The molecule has 1 heterocycles. The highest BCUT2D eigenvalue weighted by Gasteiger charge is 2.27. The maximum Gasteiger partial charge on any atom is 0.344 e. The minimum Gasteiger partial charge on any atom is -0.507 e. The second-order valence-electron chi connectivity index (χ2n) is 14.7. The Morgan fingerprint density at radius 2 is 0.742 bits per heavy atom. The van der Waals surface area contributed by atoms with Crippen molar-refractivity contribution in [3.63, 3.8) is 0 Å². The molecule has 1 aromatic heterocycles. The van der Waals surface area contributed by atoms with Gasteiger partial charge in [0.1, 0.15) is 34.5 Å². The number of phenolic OH excluding ortho intramolecular Hbond substituents is 2. The Morgan fingerprint density at radius 3 is 1.05 bits per heavy atom. The molecule has 0 fully saturated rings. The van der Waals surface area contributed by atoms with Gasteiger partial charge in [-0.3, -0.25) is 0 Å². The average Bonchev–Trinajstić information content (AvgIpc) is 3.23. The molecule has 0 aliphatic carbocycles. The van der Waals surface area contributed by atoms with Crippen LogP contribution in [0.15, 0.2) is 54.6 Å². The predicted molar refractivity (Wildman–Crippen MR) is 226 cm³/mol. The van der Waals surface area contributed by atoms with Gasteiger partial charge in [-0.05, 0) is 87.8 Å². The molecule has 17 heteroatoms. The van der Waals surface area contributed by atoms with Crippen LogP contribution in [0.25, 0.3) is 34.2 Å². The number of hydrogen-bond donors (Lipinski definition) is 6. The smallest absolute Gasteiger partial charge is 0.344 e. The van der Waals surface area contributed by atoms with Crippen molar-refractivity contribution in [1.29, 1.82) is 0 Å². The molecule has 4 unspecified atom stereocenters. The van der Waals surface area contributed by atoms with Crippen molar-refractivity contribution in [1.82, 2.24) is 15.0 Å². The van der Waals surface area contributed by atoms with E-state index in [0.717, 1.165) is 19.3 Å². The number of carbonyl (C=O) groups is 4. The Hall–Kier alpha value is -6.65. The summed E-state index contributed by atoms with van der Waals surface area (Å²) < 4.78 is 23.4. The number of nitrogens with zero attached hydrogens (tertiary/aromatic N) is 3. The van der Waals surface area contributed by atoms with Gasteiger partial charge < -0.3 is 49.6 Å². The Kier molecular flexibility index (Phi) is 18.1. The molecule has 4 atom stereocenters. The Bertz CT molecular complexity index is 2070. The molecule has 0 amide bonds. The zero-order chi connectivity index (χ0) is 45.3. The molecule has 4 aromatic rings. The molecule has 0 saturated carbocycles. The van der Waals surface area contributed by atoms with Crippen LogP contribution >= 0.6 is 0 Å². The Morgan fingerprint density at radius 1 is 0.452 bits per heavy atom. The van der Waals surface area contributed by atoms with Gasteiger partial charge in [-0.25, -0.2) is 34.1 Å². The maximum absolute atomic E-state index is 12.4. The molecule has 6 N–H and O–H groups in total. The molecule has 0 radical (unpaired) electrons. The van der Waals surface area contributed by atoms with E-state index in [1.165, 1.54) is 54.6 Å². The van der Waals surface area contributed by atoms with Crippen molar-refractivity contribution in [3.05, 3.63) is 54.6 Å². The van der Waals surface area contributed by atoms with E-state index in [4.69, 9.17) is 18.9 Å². The van der Waals surface area contributed by atoms with E-state index in [-0.39, 0.29) is 82.8 Å². The van der Waals surface area contributed by atoms with Gasteiger partial charge in [0.05, 0.1) is 16.7 Å². The Labute approximate surface area is 359 Å². The van der Waals surface area contributed by atoms with Gasteiger partial charge in [0.25, 0.3) is 0 Å². The number of rotatable bonds is 27. The van der Waals surface area contributed by atoms with E-state index in [1.54, 1.807) is 0 Å². The molecule has 17 nitrogen and oxygen atoms in total. The van der Waals surface area contributed by atoms with E-state index in [9.17, 15) is 49.8 Å². The number of carboxylic acid groups (broad SMARTS) is 4. The third kappa shape index (κ3) is 13.4. The molecule has 334 valence electrons. The summed E-state index contributed by atoms with van der Waals surface area (Å²) in [6, 6.07) is 12.4. The highest BCUT2D eigenvalue weighted by molar-refractivity contribution is 5.78. The van der Waals surface area contributed by atoms with E-state index < -0.39 is 59.8 Å².